The molecule has 1 N–H and O–H groups in total. The molecule has 0 saturated heterocycles. The molecule has 1 atom stereocenters. The highest BCUT2D eigenvalue weighted by atomic mass is 15.3. The van der Waals surface area contributed by atoms with E-state index in [0.29, 0.717) is 11.5 Å². The lowest BCUT2D eigenvalue weighted by Crippen LogP contribution is -2.38. The summed E-state index contributed by atoms with van der Waals surface area (Å²) in [5.41, 5.74) is 0.492. The molecule has 2 rings (SSSR count). The first-order valence-corrected chi connectivity index (χ1v) is 6.39. The molecular weight excluding hydrogens is 198 g/mol. The first-order chi connectivity index (χ1) is 7.68. The molecule has 16 heavy (non-hydrogen) atoms. The lowest BCUT2D eigenvalue weighted by molar-refractivity contribution is 0.281. The number of nitrogens with zero attached hydrogens (tertiary/aromatic N) is 2. The molecular formula is C13H23N3. The minimum absolute atomic E-state index is 0.492. The molecule has 1 fully saturated rings. The van der Waals surface area contributed by atoms with Crippen LogP contribution in [0.5, 0.6) is 0 Å². The van der Waals surface area contributed by atoms with E-state index in [1.807, 2.05) is 23.1 Å². The van der Waals surface area contributed by atoms with E-state index < -0.39 is 0 Å². The third-order valence-corrected chi connectivity index (χ3v) is 3.77. The Kier molecular flexibility index (Phi) is 3.64. The maximum absolute atomic E-state index is 4.20. The van der Waals surface area contributed by atoms with Crippen LogP contribution in [0.4, 0.5) is 0 Å². The van der Waals surface area contributed by atoms with Crippen LogP contribution in [0, 0.1) is 5.41 Å². The normalized spacial score (nSPS) is 23.8. The van der Waals surface area contributed by atoms with Gasteiger partial charge < -0.3 is 5.32 Å². The summed E-state index contributed by atoms with van der Waals surface area (Å²) >= 11 is 0. The van der Waals surface area contributed by atoms with Crippen LogP contribution in [0.15, 0.2) is 18.5 Å². The molecule has 1 saturated carbocycles. The largest absolute Gasteiger partial charge is 0.313 e. The monoisotopic (exact) mass is 221 g/mol. The molecule has 1 aromatic rings. The number of hydrogen-bond acceptors (Lipinski definition) is 2. The maximum Gasteiger partial charge on any atom is 0.0489 e. The van der Waals surface area contributed by atoms with Crippen molar-refractivity contribution in [2.75, 3.05) is 6.54 Å². The van der Waals surface area contributed by atoms with Crippen LogP contribution < -0.4 is 5.32 Å². The van der Waals surface area contributed by atoms with Gasteiger partial charge in [-0.2, -0.15) is 5.10 Å². The van der Waals surface area contributed by atoms with Gasteiger partial charge >= 0.3 is 0 Å². The third kappa shape index (κ3) is 2.85. The van der Waals surface area contributed by atoms with Crippen LogP contribution in [0.2, 0.25) is 0 Å². The van der Waals surface area contributed by atoms with Gasteiger partial charge in [-0.05, 0) is 37.3 Å². The van der Waals surface area contributed by atoms with E-state index in [4.69, 9.17) is 0 Å². The number of hydrogen-bond donors (Lipinski definition) is 1. The topological polar surface area (TPSA) is 29.9 Å². The summed E-state index contributed by atoms with van der Waals surface area (Å²) in [5.74, 6) is 0. The Bertz CT molecular complexity index is 303. The summed E-state index contributed by atoms with van der Waals surface area (Å²) in [6.07, 6.45) is 9.11. The van der Waals surface area contributed by atoms with Crippen molar-refractivity contribution >= 4 is 0 Å². The summed E-state index contributed by atoms with van der Waals surface area (Å²) in [6.45, 7) is 6.89. The van der Waals surface area contributed by atoms with Gasteiger partial charge in [0.15, 0.2) is 0 Å². The van der Waals surface area contributed by atoms with Gasteiger partial charge in [-0.15, -0.1) is 0 Å². The van der Waals surface area contributed by atoms with Gasteiger partial charge in [-0.1, -0.05) is 20.3 Å². The summed E-state index contributed by atoms with van der Waals surface area (Å²) in [4.78, 5) is 0. The Morgan fingerprint density at radius 1 is 1.50 bits per heavy atom. The summed E-state index contributed by atoms with van der Waals surface area (Å²) in [6, 6.07) is 2.69. The molecule has 3 nitrogen and oxygen atoms in total. The lowest BCUT2D eigenvalue weighted by Gasteiger charge is -2.28. The highest BCUT2D eigenvalue weighted by Crippen LogP contribution is 2.36. The summed E-state index contributed by atoms with van der Waals surface area (Å²) in [5, 5.41) is 7.90. The van der Waals surface area contributed by atoms with Crippen molar-refractivity contribution in [3.05, 3.63) is 18.5 Å². The van der Waals surface area contributed by atoms with Gasteiger partial charge in [-0.3, -0.25) is 4.68 Å². The maximum atomic E-state index is 4.20. The molecule has 0 aromatic carbocycles. The highest BCUT2D eigenvalue weighted by molar-refractivity contribution is 4.89. The molecule has 1 aliphatic carbocycles. The van der Waals surface area contributed by atoms with Gasteiger partial charge in [0, 0.05) is 25.0 Å². The minimum atomic E-state index is 0.492. The molecule has 3 heteroatoms. The molecule has 1 unspecified atom stereocenters. The van der Waals surface area contributed by atoms with Crippen LogP contribution in [0.25, 0.3) is 0 Å². The Morgan fingerprint density at radius 3 is 3.00 bits per heavy atom. The number of aryl methyl sites for hydroxylation is 1. The Labute approximate surface area is 98.2 Å². The van der Waals surface area contributed by atoms with E-state index in [1.165, 1.54) is 19.3 Å². The van der Waals surface area contributed by atoms with Crippen molar-refractivity contribution < 1.29 is 0 Å². The van der Waals surface area contributed by atoms with Crippen LogP contribution in [-0.2, 0) is 6.54 Å². The molecule has 90 valence electrons. The number of rotatable bonds is 5. The van der Waals surface area contributed by atoms with E-state index >= 15 is 0 Å². The van der Waals surface area contributed by atoms with Crippen LogP contribution >= 0.6 is 0 Å². The van der Waals surface area contributed by atoms with Crippen LogP contribution in [-0.4, -0.2) is 22.4 Å². The fraction of sp³-hybridized carbons (Fsp3) is 0.769. The molecule has 1 heterocycles. The number of aromatic nitrogens is 2. The third-order valence-electron chi connectivity index (χ3n) is 3.77. The van der Waals surface area contributed by atoms with Crippen LogP contribution in [0.3, 0.4) is 0 Å². The fourth-order valence-corrected chi connectivity index (χ4v) is 2.66. The zero-order valence-corrected chi connectivity index (χ0v) is 10.4. The SMILES string of the molecule is CC1(C)CCCC1NCCCn1cccn1. The van der Waals surface area contributed by atoms with E-state index in [0.717, 1.165) is 19.5 Å². The second-order valence-electron chi connectivity index (χ2n) is 5.51. The van der Waals surface area contributed by atoms with Crippen molar-refractivity contribution in [3.63, 3.8) is 0 Å². The minimum Gasteiger partial charge on any atom is -0.313 e. The molecule has 0 radical (unpaired) electrons. The average Bonchev–Trinajstić information content (AvgIpc) is 2.83. The predicted octanol–water partition coefficient (Wildman–Crippen LogP) is 2.44. The summed E-state index contributed by atoms with van der Waals surface area (Å²) < 4.78 is 2.00. The molecule has 0 spiro atoms. The fourth-order valence-electron chi connectivity index (χ4n) is 2.66. The Balaban J connectivity index is 1.65. The molecule has 0 amide bonds. The smallest absolute Gasteiger partial charge is 0.0489 e. The zero-order chi connectivity index (χ0) is 11.4. The highest BCUT2D eigenvalue weighted by Gasteiger charge is 2.33. The summed E-state index contributed by atoms with van der Waals surface area (Å²) in [7, 11) is 0. The zero-order valence-electron chi connectivity index (χ0n) is 10.4. The average molecular weight is 221 g/mol. The van der Waals surface area contributed by atoms with Crippen molar-refractivity contribution in [2.45, 2.75) is 52.1 Å². The van der Waals surface area contributed by atoms with Gasteiger partial charge in [0.2, 0.25) is 0 Å². The molecule has 0 aliphatic heterocycles. The van der Waals surface area contributed by atoms with E-state index in [9.17, 15) is 0 Å². The predicted molar refractivity (Wildman–Crippen MR) is 66.3 cm³/mol. The Morgan fingerprint density at radius 2 is 2.38 bits per heavy atom. The van der Waals surface area contributed by atoms with E-state index in [-0.39, 0.29) is 0 Å². The van der Waals surface area contributed by atoms with Gasteiger partial charge in [-0.25, -0.2) is 0 Å². The van der Waals surface area contributed by atoms with Crippen molar-refractivity contribution in [2.24, 2.45) is 5.41 Å². The molecule has 0 bridgehead atoms. The van der Waals surface area contributed by atoms with E-state index in [1.54, 1.807) is 0 Å². The molecule has 1 aromatic heterocycles. The quantitative estimate of drug-likeness (QED) is 0.774. The van der Waals surface area contributed by atoms with Gasteiger partial charge in [0.25, 0.3) is 0 Å². The number of nitrogens with one attached hydrogen (secondary N) is 1. The van der Waals surface area contributed by atoms with Gasteiger partial charge in [0.05, 0.1) is 0 Å². The first-order valence-electron chi connectivity index (χ1n) is 6.39. The Hall–Kier alpha value is -0.830. The van der Waals surface area contributed by atoms with Crippen molar-refractivity contribution in [3.8, 4) is 0 Å². The first kappa shape index (κ1) is 11.6. The van der Waals surface area contributed by atoms with Gasteiger partial charge in [0.1, 0.15) is 0 Å². The van der Waals surface area contributed by atoms with Crippen LogP contribution in [0.1, 0.15) is 39.5 Å². The van der Waals surface area contributed by atoms with E-state index in [2.05, 4.69) is 24.3 Å². The van der Waals surface area contributed by atoms with Crippen molar-refractivity contribution in [1.29, 1.82) is 0 Å². The second kappa shape index (κ2) is 5.00. The lowest BCUT2D eigenvalue weighted by atomic mass is 9.87. The second-order valence-corrected chi connectivity index (χ2v) is 5.51. The molecule has 1 aliphatic rings. The van der Waals surface area contributed by atoms with Crippen molar-refractivity contribution in [1.82, 2.24) is 15.1 Å². The standard InChI is InChI=1S/C13H23N3/c1-13(2)7-3-6-12(13)14-8-4-10-16-11-5-9-15-16/h5,9,11-12,14H,3-4,6-8,10H2,1-2H3.